The number of methoxy groups -OCH3 is 1. The molecule has 4 nitrogen and oxygen atoms in total. The third kappa shape index (κ3) is 3.51. The third-order valence-corrected chi connectivity index (χ3v) is 5.54. The van der Waals surface area contributed by atoms with Crippen molar-refractivity contribution in [3.8, 4) is 11.3 Å². The Morgan fingerprint density at radius 2 is 1.92 bits per heavy atom. The van der Waals surface area contributed by atoms with Gasteiger partial charge in [-0.05, 0) is 55.3 Å². The van der Waals surface area contributed by atoms with Crippen LogP contribution in [0.2, 0.25) is 6.32 Å². The van der Waals surface area contributed by atoms with Crippen molar-refractivity contribution >= 4 is 12.4 Å². The van der Waals surface area contributed by atoms with Crippen molar-refractivity contribution in [2.75, 3.05) is 13.7 Å². The molecule has 0 N–H and O–H groups in total. The standard InChI is InChI=1S/C19H26BFN2O2/c1-18(2)13-20(25-19(18,3)4)16-12-23(10-11-24-5)22-17(16)14-6-8-15(21)9-7-14/h6-9,12H,10-11,13H2,1-5H3. The Hall–Kier alpha value is -1.66. The zero-order chi connectivity index (χ0) is 18.2. The molecule has 0 spiro atoms. The summed E-state index contributed by atoms with van der Waals surface area (Å²) in [5, 5.41) is 4.72. The van der Waals surface area contributed by atoms with E-state index >= 15 is 0 Å². The van der Waals surface area contributed by atoms with Crippen LogP contribution >= 0.6 is 0 Å². The van der Waals surface area contributed by atoms with E-state index in [4.69, 9.17) is 14.5 Å². The minimum atomic E-state index is -0.247. The molecule has 2 aromatic rings. The molecule has 0 bridgehead atoms. The van der Waals surface area contributed by atoms with Crippen LogP contribution < -0.4 is 5.46 Å². The first-order chi connectivity index (χ1) is 11.7. The van der Waals surface area contributed by atoms with Gasteiger partial charge in [0.15, 0.2) is 0 Å². The predicted molar refractivity (Wildman–Crippen MR) is 98.6 cm³/mol. The van der Waals surface area contributed by atoms with Gasteiger partial charge in [0.25, 0.3) is 0 Å². The molecule has 1 saturated heterocycles. The molecule has 1 fully saturated rings. The summed E-state index contributed by atoms with van der Waals surface area (Å²) in [6.07, 6.45) is 2.96. The van der Waals surface area contributed by atoms with Crippen molar-refractivity contribution < 1.29 is 13.8 Å². The van der Waals surface area contributed by atoms with Gasteiger partial charge in [-0.3, -0.25) is 4.68 Å². The van der Waals surface area contributed by atoms with Crippen LogP contribution in [0.3, 0.4) is 0 Å². The number of aromatic nitrogens is 2. The lowest BCUT2D eigenvalue weighted by molar-refractivity contribution is 0.0375. The van der Waals surface area contributed by atoms with E-state index in [1.807, 2.05) is 10.9 Å². The second-order valence-electron chi connectivity index (χ2n) is 7.90. The van der Waals surface area contributed by atoms with Crippen LogP contribution in [0.5, 0.6) is 0 Å². The topological polar surface area (TPSA) is 36.3 Å². The average molecular weight is 344 g/mol. The van der Waals surface area contributed by atoms with E-state index in [9.17, 15) is 4.39 Å². The summed E-state index contributed by atoms with van der Waals surface area (Å²) in [5.74, 6) is -0.247. The van der Waals surface area contributed by atoms with Crippen LogP contribution in [-0.4, -0.2) is 36.0 Å². The Morgan fingerprint density at radius 3 is 2.48 bits per heavy atom. The van der Waals surface area contributed by atoms with Crippen LogP contribution in [0.25, 0.3) is 11.3 Å². The molecule has 2 heterocycles. The lowest BCUT2D eigenvalue weighted by Crippen LogP contribution is -2.36. The summed E-state index contributed by atoms with van der Waals surface area (Å²) in [5.41, 5.74) is 2.66. The SMILES string of the molecule is COCCn1cc(B2CC(C)(C)C(C)(C)O2)c(-c2ccc(F)cc2)n1. The maximum Gasteiger partial charge on any atom is 0.331 e. The monoisotopic (exact) mass is 344 g/mol. The van der Waals surface area contributed by atoms with Gasteiger partial charge in [-0.1, -0.05) is 13.8 Å². The maximum absolute atomic E-state index is 13.3. The van der Waals surface area contributed by atoms with E-state index in [-0.39, 0.29) is 23.7 Å². The van der Waals surface area contributed by atoms with Crippen LogP contribution in [0.1, 0.15) is 27.7 Å². The van der Waals surface area contributed by atoms with Gasteiger partial charge in [0.2, 0.25) is 0 Å². The van der Waals surface area contributed by atoms with E-state index in [1.54, 1.807) is 19.2 Å². The summed E-state index contributed by atoms with van der Waals surface area (Å²) in [7, 11) is 1.68. The molecule has 1 aromatic carbocycles. The summed E-state index contributed by atoms with van der Waals surface area (Å²) < 4.78 is 26.8. The Balaban J connectivity index is 2.00. The van der Waals surface area contributed by atoms with Crippen LogP contribution in [0.15, 0.2) is 30.5 Å². The van der Waals surface area contributed by atoms with Crippen LogP contribution in [0, 0.1) is 11.2 Å². The molecule has 0 atom stereocenters. The fraction of sp³-hybridized carbons (Fsp3) is 0.526. The highest BCUT2D eigenvalue weighted by atomic mass is 19.1. The van der Waals surface area contributed by atoms with Gasteiger partial charge in [-0.25, -0.2) is 4.39 Å². The fourth-order valence-corrected chi connectivity index (χ4v) is 3.24. The molecule has 1 aliphatic rings. The molecule has 0 radical (unpaired) electrons. The molecule has 1 aliphatic heterocycles. The van der Waals surface area contributed by atoms with Crippen molar-refractivity contribution in [1.82, 2.24) is 9.78 Å². The van der Waals surface area contributed by atoms with Gasteiger partial charge < -0.3 is 9.39 Å². The van der Waals surface area contributed by atoms with E-state index in [2.05, 4.69) is 27.7 Å². The smallest absolute Gasteiger partial charge is 0.331 e. The van der Waals surface area contributed by atoms with E-state index in [0.717, 1.165) is 23.0 Å². The highest BCUT2D eigenvalue weighted by Gasteiger charge is 2.50. The van der Waals surface area contributed by atoms with Gasteiger partial charge in [-0.15, -0.1) is 0 Å². The minimum absolute atomic E-state index is 0.0265. The molecule has 6 heteroatoms. The number of hydrogen-bond donors (Lipinski definition) is 0. The molecule has 0 amide bonds. The molecule has 0 unspecified atom stereocenters. The minimum Gasteiger partial charge on any atom is -0.425 e. The predicted octanol–water partition coefficient (Wildman–Crippen LogP) is 3.37. The summed E-state index contributed by atoms with van der Waals surface area (Å²) in [6, 6.07) is 6.48. The first kappa shape index (κ1) is 18.1. The Kier molecular flexibility index (Phi) is 4.77. The lowest BCUT2D eigenvalue weighted by Gasteiger charge is -2.34. The number of nitrogens with zero attached hydrogens (tertiary/aromatic N) is 2. The molecule has 134 valence electrons. The Bertz CT molecular complexity index is 724. The number of benzene rings is 1. The van der Waals surface area contributed by atoms with Crippen LogP contribution in [-0.2, 0) is 15.9 Å². The number of halogens is 1. The first-order valence-corrected chi connectivity index (χ1v) is 8.73. The molecule has 0 aliphatic carbocycles. The van der Waals surface area contributed by atoms with Gasteiger partial charge in [-0.2, -0.15) is 5.10 Å². The normalized spacial score (nSPS) is 18.7. The second-order valence-corrected chi connectivity index (χ2v) is 7.90. The van der Waals surface area contributed by atoms with Gasteiger partial charge in [0.05, 0.1) is 24.4 Å². The molecular weight excluding hydrogens is 318 g/mol. The third-order valence-electron chi connectivity index (χ3n) is 5.54. The Labute approximate surface area is 149 Å². The van der Waals surface area contributed by atoms with Crippen molar-refractivity contribution in [3.05, 3.63) is 36.3 Å². The fourth-order valence-electron chi connectivity index (χ4n) is 3.24. The molecule has 25 heavy (non-hydrogen) atoms. The van der Waals surface area contributed by atoms with Gasteiger partial charge >= 0.3 is 6.92 Å². The van der Waals surface area contributed by atoms with E-state index < -0.39 is 0 Å². The van der Waals surface area contributed by atoms with Crippen molar-refractivity contribution in [3.63, 3.8) is 0 Å². The number of ether oxygens (including phenoxy) is 1. The molecule has 1 aromatic heterocycles. The molecular formula is C19H26BFN2O2. The summed E-state index contributed by atoms with van der Waals surface area (Å²) in [6.45, 7) is 9.98. The highest BCUT2D eigenvalue weighted by molar-refractivity contribution is 6.69. The maximum atomic E-state index is 13.3. The number of hydrogen-bond acceptors (Lipinski definition) is 3. The number of rotatable bonds is 5. The average Bonchev–Trinajstić information content (AvgIpc) is 3.05. The zero-order valence-corrected chi connectivity index (χ0v) is 15.7. The Morgan fingerprint density at radius 1 is 1.24 bits per heavy atom. The van der Waals surface area contributed by atoms with Crippen LogP contribution in [0.4, 0.5) is 4.39 Å². The largest absolute Gasteiger partial charge is 0.425 e. The molecule has 3 rings (SSSR count). The second kappa shape index (κ2) is 6.58. The van der Waals surface area contributed by atoms with Crippen molar-refractivity contribution in [1.29, 1.82) is 0 Å². The zero-order valence-electron chi connectivity index (χ0n) is 15.7. The van der Waals surface area contributed by atoms with E-state index in [0.29, 0.717) is 13.2 Å². The summed E-state index contributed by atoms with van der Waals surface area (Å²) in [4.78, 5) is 0. The van der Waals surface area contributed by atoms with E-state index in [1.165, 1.54) is 12.1 Å². The van der Waals surface area contributed by atoms with Gasteiger partial charge in [0, 0.05) is 18.9 Å². The summed E-state index contributed by atoms with van der Waals surface area (Å²) >= 11 is 0. The highest BCUT2D eigenvalue weighted by Crippen LogP contribution is 2.45. The van der Waals surface area contributed by atoms with Crippen molar-refractivity contribution in [2.45, 2.75) is 46.2 Å². The lowest BCUT2D eigenvalue weighted by atomic mass is 9.54. The van der Waals surface area contributed by atoms with Crippen molar-refractivity contribution in [2.24, 2.45) is 5.41 Å². The quantitative estimate of drug-likeness (QED) is 0.781. The first-order valence-electron chi connectivity index (χ1n) is 8.73. The molecule has 0 saturated carbocycles. The van der Waals surface area contributed by atoms with Gasteiger partial charge in [0.1, 0.15) is 5.82 Å².